The molecular formula is C42H84N2O4. The molecule has 0 saturated carbocycles. The van der Waals surface area contributed by atoms with Crippen LogP contribution in [-0.2, 0) is 19.1 Å². The van der Waals surface area contributed by atoms with Gasteiger partial charge in [-0.3, -0.25) is 9.59 Å². The molecule has 0 aromatic carbocycles. The molecule has 6 nitrogen and oxygen atoms in total. The van der Waals surface area contributed by atoms with E-state index in [1.165, 1.54) is 122 Å². The Bertz CT molecular complexity index is 687. The first-order chi connectivity index (χ1) is 23.4. The minimum Gasteiger partial charge on any atom is -0.466 e. The van der Waals surface area contributed by atoms with E-state index in [0.717, 1.165) is 71.1 Å². The van der Waals surface area contributed by atoms with E-state index in [9.17, 15) is 9.59 Å². The lowest BCUT2D eigenvalue weighted by Gasteiger charge is -2.24. The molecule has 48 heavy (non-hydrogen) atoms. The summed E-state index contributed by atoms with van der Waals surface area (Å²) in [6.45, 7) is 12.2. The lowest BCUT2D eigenvalue weighted by atomic mass is 9.95. The van der Waals surface area contributed by atoms with Crippen molar-refractivity contribution in [3.63, 3.8) is 0 Å². The maximum Gasteiger partial charge on any atom is 0.305 e. The van der Waals surface area contributed by atoms with E-state index in [1.807, 2.05) is 0 Å². The smallest absolute Gasteiger partial charge is 0.305 e. The Morgan fingerprint density at radius 1 is 0.458 bits per heavy atom. The van der Waals surface area contributed by atoms with Crippen molar-refractivity contribution >= 4 is 11.9 Å². The van der Waals surface area contributed by atoms with Gasteiger partial charge in [0.25, 0.3) is 0 Å². The van der Waals surface area contributed by atoms with Crippen LogP contribution in [0.2, 0.25) is 0 Å². The van der Waals surface area contributed by atoms with Crippen LogP contribution in [-0.4, -0.2) is 75.2 Å². The Balaban J connectivity index is 4.13. The molecule has 6 heteroatoms. The van der Waals surface area contributed by atoms with Crippen LogP contribution in [0.3, 0.4) is 0 Å². The molecule has 0 saturated heterocycles. The predicted molar refractivity (Wildman–Crippen MR) is 207 cm³/mol. The number of carbonyl (C=O) groups excluding carboxylic acids is 2. The molecule has 0 fully saturated rings. The highest BCUT2D eigenvalue weighted by Gasteiger charge is 2.13. The van der Waals surface area contributed by atoms with Gasteiger partial charge < -0.3 is 19.3 Å². The first-order valence-electron chi connectivity index (χ1n) is 21.1. The van der Waals surface area contributed by atoms with Gasteiger partial charge in [0, 0.05) is 25.9 Å². The maximum absolute atomic E-state index is 12.6. The minimum atomic E-state index is -0.0266. The number of hydrogen-bond acceptors (Lipinski definition) is 6. The van der Waals surface area contributed by atoms with Crippen molar-refractivity contribution in [3.05, 3.63) is 0 Å². The van der Waals surface area contributed by atoms with Crippen molar-refractivity contribution in [2.24, 2.45) is 5.92 Å². The zero-order chi connectivity index (χ0) is 35.3. The Morgan fingerprint density at radius 3 is 1.38 bits per heavy atom. The Kier molecular flexibility index (Phi) is 36.2. The number of carbonyl (C=O) groups is 2. The molecule has 0 bridgehead atoms. The van der Waals surface area contributed by atoms with Gasteiger partial charge in [-0.2, -0.15) is 0 Å². The third-order valence-electron chi connectivity index (χ3n) is 9.75. The molecule has 0 spiro atoms. The highest BCUT2D eigenvalue weighted by atomic mass is 16.5. The van der Waals surface area contributed by atoms with E-state index in [-0.39, 0.29) is 11.9 Å². The normalized spacial score (nSPS) is 12.2. The van der Waals surface area contributed by atoms with E-state index < -0.39 is 0 Å². The van der Waals surface area contributed by atoms with Crippen molar-refractivity contribution in [2.45, 2.75) is 201 Å². The zero-order valence-corrected chi connectivity index (χ0v) is 33.1. The van der Waals surface area contributed by atoms with Crippen LogP contribution in [0.5, 0.6) is 0 Å². The fourth-order valence-corrected chi connectivity index (χ4v) is 6.40. The largest absolute Gasteiger partial charge is 0.466 e. The van der Waals surface area contributed by atoms with Crippen molar-refractivity contribution < 1.29 is 19.1 Å². The van der Waals surface area contributed by atoms with Gasteiger partial charge in [-0.15, -0.1) is 0 Å². The Morgan fingerprint density at radius 2 is 0.875 bits per heavy atom. The SMILES string of the molecule is CCCCCCCCCCOC(=O)CCCCCN(CCCCCC(=O)OCC(CCCCCC)CCCCCCCC)CCN(C)C. The van der Waals surface area contributed by atoms with Crippen LogP contribution in [0, 0.1) is 5.92 Å². The summed E-state index contributed by atoms with van der Waals surface area (Å²) in [4.78, 5) is 29.5. The monoisotopic (exact) mass is 681 g/mol. The summed E-state index contributed by atoms with van der Waals surface area (Å²) in [5, 5.41) is 0. The summed E-state index contributed by atoms with van der Waals surface area (Å²) in [5.41, 5.74) is 0. The van der Waals surface area contributed by atoms with Crippen LogP contribution >= 0.6 is 0 Å². The average Bonchev–Trinajstić information content (AvgIpc) is 3.07. The van der Waals surface area contributed by atoms with Gasteiger partial charge in [-0.1, -0.05) is 143 Å². The minimum absolute atomic E-state index is 0.00250. The van der Waals surface area contributed by atoms with Crippen molar-refractivity contribution in [3.8, 4) is 0 Å². The highest BCUT2D eigenvalue weighted by molar-refractivity contribution is 5.69. The number of hydrogen-bond donors (Lipinski definition) is 0. The van der Waals surface area contributed by atoms with Crippen LogP contribution in [0.25, 0.3) is 0 Å². The number of likely N-dealkylation sites (N-methyl/N-ethyl adjacent to an activating group) is 1. The lowest BCUT2D eigenvalue weighted by Crippen LogP contribution is -2.33. The number of unbranched alkanes of at least 4 members (excludes halogenated alkanes) is 19. The second-order valence-electron chi connectivity index (χ2n) is 14.9. The molecule has 286 valence electrons. The van der Waals surface area contributed by atoms with Crippen LogP contribution < -0.4 is 0 Å². The first-order valence-corrected chi connectivity index (χ1v) is 21.1. The Hall–Kier alpha value is -1.14. The van der Waals surface area contributed by atoms with Crippen LogP contribution in [0.1, 0.15) is 201 Å². The molecule has 0 aliphatic rings. The molecule has 1 atom stereocenters. The summed E-state index contributed by atoms with van der Waals surface area (Å²) >= 11 is 0. The van der Waals surface area contributed by atoms with Crippen LogP contribution in [0.15, 0.2) is 0 Å². The first kappa shape index (κ1) is 46.9. The van der Waals surface area contributed by atoms with Crippen molar-refractivity contribution in [1.82, 2.24) is 9.80 Å². The van der Waals surface area contributed by atoms with Crippen LogP contribution in [0.4, 0.5) is 0 Å². The molecule has 0 aliphatic heterocycles. The standard InChI is InChI=1S/C42H84N2O4/c1-6-9-12-15-17-18-20-29-38-47-41(45)32-25-21-27-34-44(37-36-43(4)5)35-28-22-26-33-42(46)48-39-40(30-23-14-11-8-3)31-24-19-16-13-10-7-2/h40H,6-39H2,1-5H3. The van der Waals surface area contributed by atoms with E-state index in [1.54, 1.807) is 0 Å². The Labute approximate surface area is 300 Å². The van der Waals surface area contributed by atoms with Gasteiger partial charge in [0.05, 0.1) is 13.2 Å². The highest BCUT2D eigenvalue weighted by Crippen LogP contribution is 2.20. The number of nitrogens with zero attached hydrogens (tertiary/aromatic N) is 2. The third kappa shape index (κ3) is 34.7. The molecule has 1 unspecified atom stereocenters. The van der Waals surface area contributed by atoms with Crippen molar-refractivity contribution in [2.75, 3.05) is 53.5 Å². The fraction of sp³-hybridized carbons (Fsp3) is 0.952. The average molecular weight is 681 g/mol. The molecule has 0 N–H and O–H groups in total. The van der Waals surface area contributed by atoms with E-state index in [2.05, 4.69) is 44.7 Å². The van der Waals surface area contributed by atoms with Gasteiger partial charge in [0.15, 0.2) is 0 Å². The lowest BCUT2D eigenvalue weighted by molar-refractivity contribution is -0.145. The molecule has 0 rings (SSSR count). The molecule has 0 heterocycles. The zero-order valence-electron chi connectivity index (χ0n) is 33.1. The molecule has 0 radical (unpaired) electrons. The fourth-order valence-electron chi connectivity index (χ4n) is 6.40. The number of rotatable bonds is 38. The van der Waals surface area contributed by atoms with E-state index >= 15 is 0 Å². The second kappa shape index (κ2) is 37.1. The van der Waals surface area contributed by atoms with Gasteiger partial charge in [-0.05, 0) is 78.0 Å². The second-order valence-corrected chi connectivity index (χ2v) is 14.9. The summed E-state index contributed by atoms with van der Waals surface area (Å²) in [6, 6.07) is 0. The quantitative estimate of drug-likeness (QED) is 0.0478. The van der Waals surface area contributed by atoms with Gasteiger partial charge >= 0.3 is 11.9 Å². The van der Waals surface area contributed by atoms with Gasteiger partial charge in [-0.25, -0.2) is 0 Å². The molecule has 0 aromatic heterocycles. The van der Waals surface area contributed by atoms with Gasteiger partial charge in [0.1, 0.15) is 0 Å². The number of ether oxygens (including phenoxy) is 2. The van der Waals surface area contributed by atoms with E-state index in [4.69, 9.17) is 9.47 Å². The van der Waals surface area contributed by atoms with Gasteiger partial charge in [0.2, 0.25) is 0 Å². The van der Waals surface area contributed by atoms with E-state index in [0.29, 0.717) is 32.0 Å². The number of esters is 2. The third-order valence-corrected chi connectivity index (χ3v) is 9.75. The summed E-state index contributed by atoms with van der Waals surface area (Å²) < 4.78 is 11.3. The molecule has 0 amide bonds. The summed E-state index contributed by atoms with van der Waals surface area (Å²) in [5.74, 6) is 0.506. The maximum atomic E-state index is 12.6. The topological polar surface area (TPSA) is 59.1 Å². The summed E-state index contributed by atoms with van der Waals surface area (Å²) in [7, 11) is 4.26. The molecular weight excluding hydrogens is 596 g/mol. The predicted octanol–water partition coefficient (Wildman–Crippen LogP) is 11.5. The molecule has 0 aromatic rings. The summed E-state index contributed by atoms with van der Waals surface area (Å²) in [6.07, 6.45) is 32.9. The van der Waals surface area contributed by atoms with Crippen molar-refractivity contribution in [1.29, 1.82) is 0 Å². The molecule has 0 aliphatic carbocycles.